The second kappa shape index (κ2) is 6.65. The number of aromatic nitrogens is 2. The van der Waals surface area contributed by atoms with Crippen LogP contribution in [-0.2, 0) is 16.6 Å². The van der Waals surface area contributed by atoms with Crippen molar-refractivity contribution in [2.75, 3.05) is 25.0 Å². The summed E-state index contributed by atoms with van der Waals surface area (Å²) in [6.45, 7) is 4.91. The van der Waals surface area contributed by atoms with E-state index < -0.39 is 11.2 Å². The molecule has 0 N–H and O–H groups in total. The Kier molecular flexibility index (Phi) is 4.40. The van der Waals surface area contributed by atoms with E-state index in [1.165, 1.54) is 12.1 Å². The van der Waals surface area contributed by atoms with E-state index in [-0.39, 0.29) is 17.4 Å². The van der Waals surface area contributed by atoms with Crippen molar-refractivity contribution in [3.63, 3.8) is 0 Å². The maximum Gasteiger partial charge on any atom is 0.256 e. The van der Waals surface area contributed by atoms with Crippen LogP contribution in [0, 0.1) is 12.7 Å². The van der Waals surface area contributed by atoms with Gasteiger partial charge in [0.15, 0.2) is 0 Å². The van der Waals surface area contributed by atoms with Crippen molar-refractivity contribution in [2.45, 2.75) is 38.5 Å². The van der Waals surface area contributed by atoms with E-state index in [1.807, 2.05) is 13.8 Å². The molecule has 1 aromatic heterocycles. The lowest BCUT2D eigenvalue weighted by Gasteiger charge is -2.39. The highest BCUT2D eigenvalue weighted by Crippen LogP contribution is 2.36. The van der Waals surface area contributed by atoms with Gasteiger partial charge in [0.25, 0.3) is 5.91 Å². The number of likely N-dealkylation sites (tertiary alicyclic amines) is 1. The predicted octanol–water partition coefficient (Wildman–Crippen LogP) is 2.64. The minimum Gasteiger partial charge on any atom is -0.338 e. The number of fused-ring (bicyclic) bond motifs is 1. The van der Waals surface area contributed by atoms with Crippen molar-refractivity contribution in [1.82, 2.24) is 14.9 Å². The number of carbonyl (C=O) groups excluding carboxylic acids is 2. The molecular formula is C21H23FN4O2. The van der Waals surface area contributed by atoms with Crippen LogP contribution in [0.15, 0.2) is 24.3 Å². The van der Waals surface area contributed by atoms with E-state index in [1.54, 1.807) is 29.0 Å². The Balaban J connectivity index is 1.66. The fraction of sp³-hybridized carbons (Fsp3) is 0.429. The molecule has 1 unspecified atom stereocenters. The molecule has 1 atom stereocenters. The summed E-state index contributed by atoms with van der Waals surface area (Å²) >= 11 is 0. The number of benzene rings is 1. The summed E-state index contributed by atoms with van der Waals surface area (Å²) in [5.74, 6) is 0.482. The third-order valence-corrected chi connectivity index (χ3v) is 5.84. The van der Waals surface area contributed by atoms with Crippen LogP contribution in [-0.4, -0.2) is 46.8 Å². The summed E-state index contributed by atoms with van der Waals surface area (Å²) in [6.07, 6.45) is 1.93. The average Bonchev–Trinajstić information content (AvgIpc) is 2.97. The van der Waals surface area contributed by atoms with E-state index in [0.717, 1.165) is 24.1 Å². The van der Waals surface area contributed by atoms with E-state index in [4.69, 9.17) is 9.97 Å². The van der Waals surface area contributed by atoms with E-state index in [2.05, 4.69) is 0 Å². The van der Waals surface area contributed by atoms with Crippen LogP contribution in [0.2, 0.25) is 0 Å². The Bertz CT molecular complexity index is 977. The van der Waals surface area contributed by atoms with Crippen LogP contribution < -0.4 is 4.90 Å². The fourth-order valence-corrected chi connectivity index (χ4v) is 4.12. The number of carbonyl (C=O) groups is 2. The highest BCUT2D eigenvalue weighted by molar-refractivity contribution is 6.00. The highest BCUT2D eigenvalue weighted by Gasteiger charge is 2.39. The number of nitrogens with zero attached hydrogens (tertiary/aromatic N) is 4. The van der Waals surface area contributed by atoms with Crippen molar-refractivity contribution < 1.29 is 14.0 Å². The van der Waals surface area contributed by atoms with Gasteiger partial charge >= 0.3 is 0 Å². The number of amides is 2. The van der Waals surface area contributed by atoms with E-state index in [9.17, 15) is 14.0 Å². The lowest BCUT2D eigenvalue weighted by atomic mass is 9.80. The van der Waals surface area contributed by atoms with Crippen LogP contribution in [0.1, 0.15) is 47.2 Å². The molecule has 1 fully saturated rings. The van der Waals surface area contributed by atoms with Gasteiger partial charge < -0.3 is 4.90 Å². The standard InChI is InChI=1S/C21H23FN4O2/c1-13-15-11-17(27)25(3)18(15)24-20(23-13)21(2)9-6-10-26(12-21)19(28)14-7-4-5-8-16(14)22/h4-5,7-8H,6,9-12H2,1-3H3. The number of hydrogen-bond donors (Lipinski definition) is 0. The Labute approximate surface area is 163 Å². The van der Waals surface area contributed by atoms with Gasteiger partial charge in [-0.2, -0.15) is 0 Å². The topological polar surface area (TPSA) is 66.4 Å². The van der Waals surface area contributed by atoms with Gasteiger partial charge in [0.2, 0.25) is 5.91 Å². The average molecular weight is 382 g/mol. The minimum atomic E-state index is -0.510. The lowest BCUT2D eigenvalue weighted by molar-refractivity contribution is -0.117. The maximum absolute atomic E-state index is 14.1. The molecule has 0 radical (unpaired) electrons. The van der Waals surface area contributed by atoms with Gasteiger partial charge in [-0.1, -0.05) is 19.1 Å². The smallest absolute Gasteiger partial charge is 0.256 e. The maximum atomic E-state index is 14.1. The number of hydrogen-bond acceptors (Lipinski definition) is 4. The van der Waals surface area contributed by atoms with Gasteiger partial charge in [-0.15, -0.1) is 0 Å². The molecule has 3 heterocycles. The minimum absolute atomic E-state index is 0.00899. The molecule has 0 saturated carbocycles. The molecule has 0 aliphatic carbocycles. The molecule has 146 valence electrons. The number of anilines is 1. The molecule has 2 amide bonds. The largest absolute Gasteiger partial charge is 0.338 e. The molecule has 0 bridgehead atoms. The van der Waals surface area contributed by atoms with Gasteiger partial charge in [0.05, 0.1) is 12.0 Å². The quantitative estimate of drug-likeness (QED) is 0.801. The Morgan fingerprint density at radius 1 is 1.25 bits per heavy atom. The SMILES string of the molecule is Cc1nc(C2(C)CCCN(C(=O)c3ccccc3F)C2)nc2c1CC(=O)N2C. The third-order valence-electron chi connectivity index (χ3n) is 5.84. The summed E-state index contributed by atoms with van der Waals surface area (Å²) in [5.41, 5.74) is 1.31. The zero-order chi connectivity index (χ0) is 20.1. The first kappa shape index (κ1) is 18.5. The number of aryl methyl sites for hydroxylation is 1. The molecule has 2 aromatic rings. The molecule has 1 saturated heterocycles. The lowest BCUT2D eigenvalue weighted by Crippen LogP contribution is -2.48. The third kappa shape index (κ3) is 2.95. The summed E-state index contributed by atoms with van der Waals surface area (Å²) in [6, 6.07) is 6.06. The van der Waals surface area contributed by atoms with E-state index >= 15 is 0 Å². The van der Waals surface area contributed by atoms with Crippen molar-refractivity contribution in [2.24, 2.45) is 0 Å². The van der Waals surface area contributed by atoms with Crippen molar-refractivity contribution in [1.29, 1.82) is 0 Å². The first-order valence-electron chi connectivity index (χ1n) is 9.48. The van der Waals surface area contributed by atoms with Crippen molar-refractivity contribution >= 4 is 17.6 Å². The van der Waals surface area contributed by atoms with Gasteiger partial charge in [0, 0.05) is 36.8 Å². The molecule has 6 nitrogen and oxygen atoms in total. The van der Waals surface area contributed by atoms with Crippen LogP contribution in [0.3, 0.4) is 0 Å². The van der Waals surface area contributed by atoms with Gasteiger partial charge in [-0.05, 0) is 31.9 Å². The second-order valence-electron chi connectivity index (χ2n) is 7.94. The predicted molar refractivity (Wildman–Crippen MR) is 103 cm³/mol. The number of likely N-dealkylation sites (N-methyl/N-ethyl adjacent to an activating group) is 1. The molecule has 2 aliphatic heterocycles. The monoisotopic (exact) mass is 382 g/mol. The molecule has 2 aliphatic rings. The Morgan fingerprint density at radius 2 is 2.00 bits per heavy atom. The van der Waals surface area contributed by atoms with Crippen molar-refractivity contribution in [3.05, 3.63) is 52.7 Å². The summed E-state index contributed by atoms with van der Waals surface area (Å²) in [7, 11) is 1.72. The molecule has 28 heavy (non-hydrogen) atoms. The van der Waals surface area contributed by atoms with E-state index in [0.29, 0.717) is 31.2 Å². The number of piperidine rings is 1. The summed E-state index contributed by atoms with van der Waals surface area (Å²) in [4.78, 5) is 37.6. The number of halogens is 1. The zero-order valence-electron chi connectivity index (χ0n) is 16.3. The Morgan fingerprint density at radius 3 is 2.75 bits per heavy atom. The van der Waals surface area contributed by atoms with Gasteiger partial charge in [-0.3, -0.25) is 14.5 Å². The first-order valence-corrected chi connectivity index (χ1v) is 9.48. The number of rotatable bonds is 2. The summed E-state index contributed by atoms with van der Waals surface area (Å²) in [5, 5.41) is 0. The second-order valence-corrected chi connectivity index (χ2v) is 7.94. The Hall–Kier alpha value is -2.83. The zero-order valence-corrected chi connectivity index (χ0v) is 16.3. The van der Waals surface area contributed by atoms with Crippen LogP contribution >= 0.6 is 0 Å². The van der Waals surface area contributed by atoms with Crippen LogP contribution in [0.4, 0.5) is 10.2 Å². The molecule has 1 aromatic carbocycles. The van der Waals surface area contributed by atoms with Crippen LogP contribution in [0.5, 0.6) is 0 Å². The fourth-order valence-electron chi connectivity index (χ4n) is 4.12. The highest BCUT2D eigenvalue weighted by atomic mass is 19.1. The van der Waals surface area contributed by atoms with Crippen molar-refractivity contribution in [3.8, 4) is 0 Å². The van der Waals surface area contributed by atoms with Gasteiger partial charge in [0.1, 0.15) is 17.5 Å². The molecule has 0 spiro atoms. The van der Waals surface area contributed by atoms with Crippen LogP contribution in [0.25, 0.3) is 0 Å². The molecule has 7 heteroatoms. The molecular weight excluding hydrogens is 359 g/mol. The summed E-state index contributed by atoms with van der Waals surface area (Å²) < 4.78 is 14.1. The van der Waals surface area contributed by atoms with Gasteiger partial charge in [-0.25, -0.2) is 14.4 Å². The first-order chi connectivity index (χ1) is 13.3. The molecule has 4 rings (SSSR count). The normalized spacial score (nSPS) is 21.8.